The van der Waals surface area contributed by atoms with Crippen LogP contribution in [0.2, 0.25) is 0 Å². The lowest BCUT2D eigenvalue weighted by molar-refractivity contribution is -0.177. The van der Waals surface area contributed by atoms with Crippen molar-refractivity contribution in [2.24, 2.45) is 5.92 Å². The van der Waals surface area contributed by atoms with Gasteiger partial charge in [0.05, 0.1) is 13.0 Å². The molecule has 0 fully saturated rings. The Morgan fingerprint density at radius 3 is 2.33 bits per heavy atom. The molecule has 0 aromatic heterocycles. The molecule has 0 N–H and O–H groups in total. The standard InChI is InChI=1S/C13H22O5/c1-9(2)8-17-11(5)18-12(14)6-7-16-13(15)10(3)4/h9,11H,3,6-8H2,1-2,4-5H3. The lowest BCUT2D eigenvalue weighted by Crippen LogP contribution is -2.21. The molecule has 0 bridgehead atoms. The molecule has 0 aliphatic carbocycles. The van der Waals surface area contributed by atoms with Crippen LogP contribution < -0.4 is 0 Å². The lowest BCUT2D eigenvalue weighted by atomic mass is 10.2. The molecule has 0 aliphatic rings. The molecule has 0 amide bonds. The van der Waals surface area contributed by atoms with Crippen LogP contribution in [0, 0.1) is 5.92 Å². The van der Waals surface area contributed by atoms with E-state index in [1.165, 1.54) is 0 Å². The molecule has 0 aliphatic heterocycles. The van der Waals surface area contributed by atoms with Gasteiger partial charge in [-0.25, -0.2) is 4.79 Å². The Bertz CT molecular complexity index is 296. The van der Waals surface area contributed by atoms with Crippen LogP contribution in [0.3, 0.4) is 0 Å². The number of hydrogen-bond donors (Lipinski definition) is 0. The van der Waals surface area contributed by atoms with Gasteiger partial charge < -0.3 is 14.2 Å². The maximum absolute atomic E-state index is 11.3. The van der Waals surface area contributed by atoms with Crippen LogP contribution in [0.1, 0.15) is 34.1 Å². The fraction of sp³-hybridized carbons (Fsp3) is 0.692. The molecule has 104 valence electrons. The number of carbonyl (C=O) groups excluding carboxylic acids is 2. The van der Waals surface area contributed by atoms with Crippen LogP contribution in [-0.2, 0) is 23.8 Å². The van der Waals surface area contributed by atoms with E-state index in [9.17, 15) is 9.59 Å². The summed E-state index contributed by atoms with van der Waals surface area (Å²) in [5.74, 6) is -0.588. The highest BCUT2D eigenvalue weighted by molar-refractivity contribution is 5.87. The van der Waals surface area contributed by atoms with E-state index in [0.717, 1.165) is 0 Å². The molecule has 0 aromatic carbocycles. The molecule has 0 saturated carbocycles. The number of rotatable bonds is 8. The Morgan fingerprint density at radius 1 is 1.22 bits per heavy atom. The van der Waals surface area contributed by atoms with Gasteiger partial charge in [0, 0.05) is 5.57 Å². The second kappa shape index (κ2) is 8.69. The maximum atomic E-state index is 11.3. The molecule has 5 heteroatoms. The largest absolute Gasteiger partial charge is 0.462 e. The Morgan fingerprint density at radius 2 is 1.83 bits per heavy atom. The first-order chi connectivity index (χ1) is 8.32. The summed E-state index contributed by atoms with van der Waals surface area (Å²) < 4.78 is 15.0. The van der Waals surface area contributed by atoms with Crippen LogP contribution in [0.5, 0.6) is 0 Å². The van der Waals surface area contributed by atoms with Crippen LogP contribution in [0.4, 0.5) is 0 Å². The average molecular weight is 258 g/mol. The highest BCUT2D eigenvalue weighted by Crippen LogP contribution is 2.02. The van der Waals surface area contributed by atoms with Gasteiger partial charge in [0.25, 0.3) is 0 Å². The average Bonchev–Trinajstić information content (AvgIpc) is 2.25. The van der Waals surface area contributed by atoms with E-state index in [4.69, 9.17) is 14.2 Å². The first-order valence-corrected chi connectivity index (χ1v) is 5.96. The third-order valence-electron chi connectivity index (χ3n) is 1.85. The van der Waals surface area contributed by atoms with Crippen molar-refractivity contribution < 1.29 is 23.8 Å². The molecule has 0 rings (SSSR count). The molecular weight excluding hydrogens is 236 g/mol. The van der Waals surface area contributed by atoms with Gasteiger partial charge in [-0.15, -0.1) is 0 Å². The predicted octanol–water partition coefficient (Wildman–Crippen LogP) is 2.06. The molecule has 1 unspecified atom stereocenters. The van der Waals surface area contributed by atoms with Crippen molar-refractivity contribution in [2.45, 2.75) is 40.4 Å². The summed E-state index contributed by atoms with van der Waals surface area (Å²) in [6.45, 7) is 11.2. The monoisotopic (exact) mass is 258 g/mol. The zero-order chi connectivity index (χ0) is 14.1. The fourth-order valence-corrected chi connectivity index (χ4v) is 0.956. The van der Waals surface area contributed by atoms with Crippen LogP contribution in [0.25, 0.3) is 0 Å². The van der Waals surface area contributed by atoms with Gasteiger partial charge in [0.15, 0.2) is 6.29 Å². The summed E-state index contributed by atoms with van der Waals surface area (Å²) in [6, 6.07) is 0. The van der Waals surface area contributed by atoms with Crippen molar-refractivity contribution in [3.05, 3.63) is 12.2 Å². The minimum Gasteiger partial charge on any atom is -0.462 e. The Labute approximate surface area is 108 Å². The van der Waals surface area contributed by atoms with Gasteiger partial charge in [0.2, 0.25) is 0 Å². The highest BCUT2D eigenvalue weighted by atomic mass is 16.7. The third-order valence-corrected chi connectivity index (χ3v) is 1.85. The maximum Gasteiger partial charge on any atom is 0.333 e. The van der Waals surface area contributed by atoms with Gasteiger partial charge in [-0.05, 0) is 19.8 Å². The quantitative estimate of drug-likeness (QED) is 0.379. The van der Waals surface area contributed by atoms with Crippen LogP contribution in [-0.4, -0.2) is 31.4 Å². The molecule has 1 atom stereocenters. The fourth-order valence-electron chi connectivity index (χ4n) is 0.956. The van der Waals surface area contributed by atoms with Crippen molar-refractivity contribution in [1.82, 2.24) is 0 Å². The minimum atomic E-state index is -0.586. The van der Waals surface area contributed by atoms with Crippen LogP contribution >= 0.6 is 0 Å². The molecular formula is C13H22O5. The van der Waals surface area contributed by atoms with E-state index in [-0.39, 0.29) is 13.0 Å². The smallest absolute Gasteiger partial charge is 0.333 e. The van der Waals surface area contributed by atoms with Crippen molar-refractivity contribution in [3.63, 3.8) is 0 Å². The number of carbonyl (C=O) groups is 2. The van der Waals surface area contributed by atoms with Gasteiger partial charge in [-0.2, -0.15) is 0 Å². The van der Waals surface area contributed by atoms with Crippen molar-refractivity contribution in [1.29, 1.82) is 0 Å². The van der Waals surface area contributed by atoms with E-state index in [1.54, 1.807) is 13.8 Å². The van der Waals surface area contributed by atoms with Gasteiger partial charge in [0.1, 0.15) is 6.61 Å². The summed E-state index contributed by atoms with van der Waals surface area (Å²) in [5.41, 5.74) is 0.303. The van der Waals surface area contributed by atoms with E-state index in [1.807, 2.05) is 13.8 Å². The number of hydrogen-bond acceptors (Lipinski definition) is 5. The lowest BCUT2D eigenvalue weighted by Gasteiger charge is -2.15. The SMILES string of the molecule is C=C(C)C(=O)OCCC(=O)OC(C)OCC(C)C. The summed E-state index contributed by atoms with van der Waals surface area (Å²) in [7, 11) is 0. The van der Waals surface area contributed by atoms with Crippen LogP contribution in [0.15, 0.2) is 12.2 Å². The van der Waals surface area contributed by atoms with Gasteiger partial charge in [-0.1, -0.05) is 20.4 Å². The Hall–Kier alpha value is -1.36. The zero-order valence-electron chi connectivity index (χ0n) is 11.5. The predicted molar refractivity (Wildman–Crippen MR) is 66.7 cm³/mol. The van der Waals surface area contributed by atoms with Crippen molar-refractivity contribution in [2.75, 3.05) is 13.2 Å². The number of esters is 2. The highest BCUT2D eigenvalue weighted by Gasteiger charge is 2.11. The summed E-state index contributed by atoms with van der Waals surface area (Å²) in [5, 5.41) is 0. The molecule has 0 heterocycles. The zero-order valence-corrected chi connectivity index (χ0v) is 11.5. The van der Waals surface area contributed by atoms with E-state index in [0.29, 0.717) is 18.1 Å². The molecule has 5 nitrogen and oxygen atoms in total. The molecule has 18 heavy (non-hydrogen) atoms. The Balaban J connectivity index is 3.71. The minimum absolute atomic E-state index is 0.00833. The first-order valence-electron chi connectivity index (χ1n) is 5.96. The van der Waals surface area contributed by atoms with Gasteiger partial charge >= 0.3 is 11.9 Å². The normalized spacial score (nSPS) is 12.1. The molecule has 0 spiro atoms. The first kappa shape index (κ1) is 16.6. The summed E-state index contributed by atoms with van der Waals surface area (Å²) in [6.07, 6.45) is -0.578. The van der Waals surface area contributed by atoms with E-state index < -0.39 is 18.2 Å². The van der Waals surface area contributed by atoms with Crippen molar-refractivity contribution >= 4 is 11.9 Å². The number of ether oxygens (including phenoxy) is 3. The molecule has 0 saturated heterocycles. The van der Waals surface area contributed by atoms with Crippen molar-refractivity contribution in [3.8, 4) is 0 Å². The summed E-state index contributed by atoms with van der Waals surface area (Å²) >= 11 is 0. The second-order valence-corrected chi connectivity index (χ2v) is 4.45. The molecule has 0 radical (unpaired) electrons. The van der Waals surface area contributed by atoms with Gasteiger partial charge in [-0.3, -0.25) is 4.79 Å². The summed E-state index contributed by atoms with van der Waals surface area (Å²) in [4.78, 5) is 22.4. The third kappa shape index (κ3) is 8.75. The molecule has 0 aromatic rings. The van der Waals surface area contributed by atoms with E-state index >= 15 is 0 Å². The Kier molecular flexibility index (Phi) is 8.03. The second-order valence-electron chi connectivity index (χ2n) is 4.45. The van der Waals surface area contributed by atoms with E-state index in [2.05, 4.69) is 6.58 Å². The topological polar surface area (TPSA) is 61.8 Å².